The van der Waals surface area contributed by atoms with Crippen molar-refractivity contribution in [2.24, 2.45) is 0 Å². The van der Waals surface area contributed by atoms with Crippen molar-refractivity contribution in [1.29, 1.82) is 0 Å². The molecule has 0 aromatic rings. The van der Waals surface area contributed by atoms with Gasteiger partial charge >= 0.3 is 12.0 Å². The quantitative estimate of drug-likeness (QED) is 0.443. The van der Waals surface area contributed by atoms with Crippen molar-refractivity contribution < 1.29 is 29.0 Å². The molecule has 0 spiro atoms. The summed E-state index contributed by atoms with van der Waals surface area (Å²) < 4.78 is 4.75. The third-order valence-corrected chi connectivity index (χ3v) is 2.76. The molecule has 2 atom stereocenters. The molecule has 0 aromatic carbocycles. The number of carboxylic acid groups (broad SMARTS) is 1. The third-order valence-electron chi connectivity index (χ3n) is 2.76. The van der Waals surface area contributed by atoms with E-state index in [9.17, 15) is 19.2 Å². The lowest BCUT2D eigenvalue weighted by Crippen LogP contribution is -2.56. The lowest BCUT2D eigenvalue weighted by Gasteiger charge is -2.23. The van der Waals surface area contributed by atoms with Crippen LogP contribution in [0.2, 0.25) is 0 Å². The molecule has 1 fully saturated rings. The van der Waals surface area contributed by atoms with Crippen molar-refractivity contribution in [2.75, 3.05) is 13.7 Å². The fourth-order valence-electron chi connectivity index (χ4n) is 1.68. The van der Waals surface area contributed by atoms with Gasteiger partial charge in [-0.15, -0.1) is 0 Å². The number of aliphatic carboxylic acids is 1. The summed E-state index contributed by atoms with van der Waals surface area (Å²) in [5.74, 6) is -2.18. The van der Waals surface area contributed by atoms with Gasteiger partial charge in [0.15, 0.2) is 0 Å². The van der Waals surface area contributed by atoms with E-state index in [-0.39, 0.29) is 25.9 Å². The van der Waals surface area contributed by atoms with E-state index in [1.165, 1.54) is 7.11 Å². The van der Waals surface area contributed by atoms with Crippen molar-refractivity contribution in [3.8, 4) is 0 Å². The highest BCUT2D eigenvalue weighted by Gasteiger charge is 2.29. The number of nitrogens with one attached hydrogen (secondary N) is 3. The minimum atomic E-state index is -1.19. The van der Waals surface area contributed by atoms with Crippen molar-refractivity contribution in [3.63, 3.8) is 0 Å². The predicted octanol–water partition coefficient (Wildman–Crippen LogP) is -1.42. The zero-order valence-corrected chi connectivity index (χ0v) is 11.0. The van der Waals surface area contributed by atoms with E-state index >= 15 is 0 Å². The molecule has 0 aromatic heterocycles. The van der Waals surface area contributed by atoms with Gasteiger partial charge in [0.1, 0.15) is 12.1 Å². The smallest absolute Gasteiger partial charge is 0.326 e. The SMILES string of the molecule is COCCC(NC(=O)NC1CCC(=O)NC1=O)C(=O)O. The molecule has 1 rings (SSSR count). The average molecular weight is 287 g/mol. The number of carbonyl (C=O) groups is 4. The lowest BCUT2D eigenvalue weighted by molar-refractivity contribution is -0.139. The zero-order valence-electron chi connectivity index (χ0n) is 11.0. The highest BCUT2D eigenvalue weighted by molar-refractivity contribution is 6.01. The Bertz CT molecular complexity index is 411. The first-order valence-electron chi connectivity index (χ1n) is 6.06. The Kier molecular flexibility index (Phi) is 5.91. The maximum absolute atomic E-state index is 11.6. The molecule has 9 heteroatoms. The number of hydrogen-bond donors (Lipinski definition) is 4. The number of imide groups is 1. The number of piperidine rings is 1. The largest absolute Gasteiger partial charge is 0.480 e. The molecule has 0 radical (unpaired) electrons. The minimum Gasteiger partial charge on any atom is -0.480 e. The van der Waals surface area contributed by atoms with Gasteiger partial charge in [0.25, 0.3) is 0 Å². The van der Waals surface area contributed by atoms with Crippen LogP contribution in [0.4, 0.5) is 4.79 Å². The van der Waals surface area contributed by atoms with Gasteiger partial charge in [-0.25, -0.2) is 9.59 Å². The fourth-order valence-corrected chi connectivity index (χ4v) is 1.68. The Balaban J connectivity index is 2.47. The molecule has 1 aliphatic heterocycles. The molecule has 112 valence electrons. The molecular weight excluding hydrogens is 270 g/mol. The minimum absolute atomic E-state index is 0.106. The maximum Gasteiger partial charge on any atom is 0.326 e. The van der Waals surface area contributed by atoms with Crippen LogP contribution in [0.25, 0.3) is 0 Å². The van der Waals surface area contributed by atoms with E-state index in [1.54, 1.807) is 0 Å². The average Bonchev–Trinajstić information content (AvgIpc) is 2.37. The second kappa shape index (κ2) is 7.43. The van der Waals surface area contributed by atoms with E-state index in [0.717, 1.165) is 0 Å². The van der Waals surface area contributed by atoms with Crippen LogP contribution in [0.1, 0.15) is 19.3 Å². The number of amides is 4. The van der Waals surface area contributed by atoms with Crippen LogP contribution in [0.5, 0.6) is 0 Å². The summed E-state index contributed by atoms with van der Waals surface area (Å²) in [6, 6.07) is -2.73. The highest BCUT2D eigenvalue weighted by Crippen LogP contribution is 2.04. The van der Waals surface area contributed by atoms with Gasteiger partial charge in [-0.3, -0.25) is 14.9 Å². The summed E-state index contributed by atoms with van der Waals surface area (Å²) in [4.78, 5) is 44.9. The van der Waals surface area contributed by atoms with Gasteiger partial charge in [0.05, 0.1) is 0 Å². The van der Waals surface area contributed by atoms with Crippen LogP contribution in [-0.4, -0.2) is 54.7 Å². The second-order valence-electron chi connectivity index (χ2n) is 4.29. The van der Waals surface area contributed by atoms with E-state index in [4.69, 9.17) is 9.84 Å². The first kappa shape index (κ1) is 15.9. The zero-order chi connectivity index (χ0) is 15.1. The molecule has 1 saturated heterocycles. The summed E-state index contributed by atoms with van der Waals surface area (Å²) in [5.41, 5.74) is 0. The van der Waals surface area contributed by atoms with E-state index in [1.807, 2.05) is 0 Å². The summed E-state index contributed by atoms with van der Waals surface area (Å²) in [6.45, 7) is 0.176. The highest BCUT2D eigenvalue weighted by atomic mass is 16.5. The number of carboxylic acids is 1. The number of ether oxygens (including phenoxy) is 1. The molecule has 1 aliphatic rings. The summed E-state index contributed by atoms with van der Waals surface area (Å²) in [5, 5.41) is 15.6. The Morgan fingerprint density at radius 2 is 2.20 bits per heavy atom. The monoisotopic (exact) mass is 287 g/mol. The van der Waals surface area contributed by atoms with Crippen LogP contribution in [0, 0.1) is 0 Å². The summed E-state index contributed by atoms with van der Waals surface area (Å²) >= 11 is 0. The molecule has 0 aliphatic carbocycles. The second-order valence-corrected chi connectivity index (χ2v) is 4.29. The topological polar surface area (TPSA) is 134 Å². The van der Waals surface area contributed by atoms with Gasteiger partial charge in [-0.05, 0) is 6.42 Å². The van der Waals surface area contributed by atoms with Gasteiger partial charge in [0.2, 0.25) is 11.8 Å². The van der Waals surface area contributed by atoms with Crippen LogP contribution < -0.4 is 16.0 Å². The van der Waals surface area contributed by atoms with Gasteiger partial charge in [-0.1, -0.05) is 0 Å². The molecule has 4 amide bonds. The third kappa shape index (κ3) is 4.84. The number of rotatable bonds is 6. The van der Waals surface area contributed by atoms with Crippen molar-refractivity contribution >= 4 is 23.8 Å². The first-order valence-corrected chi connectivity index (χ1v) is 6.06. The van der Waals surface area contributed by atoms with E-state index in [0.29, 0.717) is 0 Å². The summed E-state index contributed by atoms with van der Waals surface area (Å²) in [7, 11) is 1.42. The standard InChI is InChI=1S/C11H17N3O6/c1-20-5-4-7(10(17)18)13-11(19)12-6-2-3-8(15)14-9(6)16/h6-7H,2-5H2,1H3,(H,17,18)(H2,12,13,19)(H,14,15,16). The molecule has 9 nitrogen and oxygen atoms in total. The molecule has 2 unspecified atom stereocenters. The lowest BCUT2D eigenvalue weighted by atomic mass is 10.1. The number of carbonyl (C=O) groups excluding carboxylic acids is 3. The van der Waals surface area contributed by atoms with Crippen LogP contribution >= 0.6 is 0 Å². The fraction of sp³-hybridized carbons (Fsp3) is 0.636. The first-order chi connectivity index (χ1) is 9.43. The Labute approximate surface area is 115 Å². The van der Waals surface area contributed by atoms with Crippen molar-refractivity contribution in [1.82, 2.24) is 16.0 Å². The molecule has 4 N–H and O–H groups in total. The molecule has 0 saturated carbocycles. The normalized spacial score (nSPS) is 19.9. The Morgan fingerprint density at radius 3 is 2.75 bits per heavy atom. The van der Waals surface area contributed by atoms with Gasteiger partial charge < -0.3 is 20.5 Å². The number of hydrogen-bond acceptors (Lipinski definition) is 5. The van der Waals surface area contributed by atoms with Crippen molar-refractivity contribution in [3.05, 3.63) is 0 Å². The van der Waals surface area contributed by atoms with E-state index in [2.05, 4.69) is 16.0 Å². The van der Waals surface area contributed by atoms with Crippen molar-refractivity contribution in [2.45, 2.75) is 31.3 Å². The molecular formula is C11H17N3O6. The van der Waals surface area contributed by atoms with Crippen LogP contribution in [0.3, 0.4) is 0 Å². The maximum atomic E-state index is 11.6. The van der Waals surface area contributed by atoms with E-state index < -0.39 is 35.9 Å². The Hall–Kier alpha value is -2.16. The summed E-state index contributed by atoms with van der Waals surface area (Å²) in [6.07, 6.45) is 0.422. The number of methoxy groups -OCH3 is 1. The molecule has 0 bridgehead atoms. The Morgan fingerprint density at radius 1 is 1.50 bits per heavy atom. The van der Waals surface area contributed by atoms with Crippen LogP contribution in [0.15, 0.2) is 0 Å². The van der Waals surface area contributed by atoms with Gasteiger partial charge in [0, 0.05) is 26.6 Å². The van der Waals surface area contributed by atoms with Gasteiger partial charge in [-0.2, -0.15) is 0 Å². The predicted molar refractivity (Wildman–Crippen MR) is 65.8 cm³/mol. The molecule has 20 heavy (non-hydrogen) atoms. The van der Waals surface area contributed by atoms with Crippen LogP contribution in [-0.2, 0) is 19.1 Å². The molecule has 1 heterocycles. The number of urea groups is 1.